The van der Waals surface area contributed by atoms with Crippen molar-refractivity contribution >= 4 is 11.6 Å². The van der Waals surface area contributed by atoms with Crippen LogP contribution in [0, 0.1) is 0 Å². The highest BCUT2D eigenvalue weighted by Crippen LogP contribution is 2.22. The Balaban J connectivity index is 2.50. The quantitative estimate of drug-likeness (QED) is 0.680. The van der Waals surface area contributed by atoms with Gasteiger partial charge in [0.25, 0.3) is 0 Å². The van der Waals surface area contributed by atoms with Crippen molar-refractivity contribution < 1.29 is 17.9 Å². The Labute approximate surface area is 128 Å². The molecule has 2 nitrogen and oxygen atoms in total. The molecule has 0 aliphatic carbocycles. The molecule has 0 spiro atoms. The first-order valence-electron chi connectivity index (χ1n) is 7.03. The molecule has 0 fully saturated rings. The van der Waals surface area contributed by atoms with Gasteiger partial charge in [0.15, 0.2) is 0 Å². The van der Waals surface area contributed by atoms with Gasteiger partial charge < -0.3 is 10.1 Å². The third kappa shape index (κ3) is 8.29. The number of benzene rings is 1. The monoisotopic (exact) mass is 323 g/mol. The summed E-state index contributed by atoms with van der Waals surface area (Å²) < 4.78 is 40.8. The lowest BCUT2D eigenvalue weighted by atomic mass is 9.96. The summed E-state index contributed by atoms with van der Waals surface area (Å²) in [6.45, 7) is 2.55. The van der Waals surface area contributed by atoms with Crippen LogP contribution in [0.1, 0.15) is 31.2 Å². The zero-order valence-corrected chi connectivity index (χ0v) is 12.8. The molecule has 1 rings (SSSR count). The predicted octanol–water partition coefficient (Wildman–Crippen LogP) is 4.39. The zero-order valence-electron chi connectivity index (χ0n) is 12.0. The molecule has 0 bridgehead atoms. The van der Waals surface area contributed by atoms with E-state index in [1.807, 2.05) is 12.1 Å². The molecule has 1 aromatic rings. The Morgan fingerprint density at radius 1 is 1.24 bits per heavy atom. The largest absolute Gasteiger partial charge is 0.411 e. The number of halogens is 4. The van der Waals surface area contributed by atoms with Gasteiger partial charge in [-0.1, -0.05) is 30.7 Å². The Morgan fingerprint density at radius 2 is 1.90 bits per heavy atom. The van der Waals surface area contributed by atoms with Gasteiger partial charge in [0, 0.05) is 18.2 Å². The molecule has 0 heterocycles. The molecule has 0 saturated heterocycles. The second-order valence-corrected chi connectivity index (χ2v) is 5.35. The minimum Gasteiger partial charge on any atom is -0.372 e. The van der Waals surface area contributed by atoms with E-state index in [-0.39, 0.29) is 12.5 Å². The van der Waals surface area contributed by atoms with Crippen molar-refractivity contribution in [3.8, 4) is 0 Å². The van der Waals surface area contributed by atoms with Gasteiger partial charge in [0.1, 0.15) is 6.61 Å². The highest BCUT2D eigenvalue weighted by atomic mass is 35.5. The van der Waals surface area contributed by atoms with Crippen LogP contribution in [-0.4, -0.2) is 32.5 Å². The van der Waals surface area contributed by atoms with E-state index in [0.717, 1.165) is 18.5 Å². The Hall–Kier alpha value is -0.780. The molecular weight excluding hydrogens is 303 g/mol. The average Bonchev–Trinajstić information content (AvgIpc) is 2.41. The molecule has 0 saturated carbocycles. The van der Waals surface area contributed by atoms with Gasteiger partial charge in [0.2, 0.25) is 0 Å². The minimum atomic E-state index is -4.27. The number of alkyl halides is 3. The van der Waals surface area contributed by atoms with Crippen LogP contribution in [0.4, 0.5) is 13.2 Å². The number of ether oxygens (including phenoxy) is 1. The van der Waals surface area contributed by atoms with Crippen molar-refractivity contribution in [3.05, 3.63) is 34.9 Å². The smallest absolute Gasteiger partial charge is 0.372 e. The number of rotatable bonds is 9. The van der Waals surface area contributed by atoms with Gasteiger partial charge in [-0.2, -0.15) is 13.2 Å². The summed E-state index contributed by atoms with van der Waals surface area (Å²) in [5, 5.41) is 3.94. The SMILES string of the molecule is CCCNCC(CCOCC(F)(F)F)c1ccc(Cl)cc1. The van der Waals surface area contributed by atoms with Crippen LogP contribution >= 0.6 is 11.6 Å². The number of hydrogen-bond acceptors (Lipinski definition) is 2. The first kappa shape index (κ1) is 18.3. The maximum Gasteiger partial charge on any atom is 0.411 e. The van der Waals surface area contributed by atoms with Crippen molar-refractivity contribution in [2.75, 3.05) is 26.3 Å². The van der Waals surface area contributed by atoms with Gasteiger partial charge in [-0.05, 0) is 43.0 Å². The van der Waals surface area contributed by atoms with Crippen molar-refractivity contribution in [3.63, 3.8) is 0 Å². The summed E-state index contributed by atoms with van der Waals surface area (Å²) >= 11 is 5.85. The van der Waals surface area contributed by atoms with Gasteiger partial charge in [-0.25, -0.2) is 0 Å². The van der Waals surface area contributed by atoms with Crippen LogP contribution in [0.5, 0.6) is 0 Å². The molecule has 0 aliphatic rings. The fraction of sp³-hybridized carbons (Fsp3) is 0.600. The molecule has 1 unspecified atom stereocenters. The first-order chi connectivity index (χ1) is 9.92. The summed E-state index contributed by atoms with van der Waals surface area (Å²) in [7, 11) is 0. The van der Waals surface area contributed by atoms with Crippen molar-refractivity contribution in [1.29, 1.82) is 0 Å². The Kier molecular flexibility index (Phi) is 8.07. The molecule has 0 amide bonds. The molecule has 1 N–H and O–H groups in total. The highest BCUT2D eigenvalue weighted by molar-refractivity contribution is 6.30. The van der Waals surface area contributed by atoms with E-state index in [9.17, 15) is 13.2 Å². The second kappa shape index (κ2) is 9.28. The molecule has 21 heavy (non-hydrogen) atoms. The lowest BCUT2D eigenvalue weighted by Crippen LogP contribution is -2.24. The maximum absolute atomic E-state index is 12.0. The predicted molar refractivity (Wildman–Crippen MR) is 78.8 cm³/mol. The van der Waals surface area contributed by atoms with E-state index in [2.05, 4.69) is 12.2 Å². The van der Waals surface area contributed by atoms with Crippen molar-refractivity contribution in [2.45, 2.75) is 31.9 Å². The van der Waals surface area contributed by atoms with E-state index in [1.165, 1.54) is 0 Å². The van der Waals surface area contributed by atoms with Crippen molar-refractivity contribution in [1.82, 2.24) is 5.32 Å². The van der Waals surface area contributed by atoms with Gasteiger partial charge in [-0.3, -0.25) is 0 Å². The average molecular weight is 324 g/mol. The highest BCUT2D eigenvalue weighted by Gasteiger charge is 2.27. The lowest BCUT2D eigenvalue weighted by molar-refractivity contribution is -0.174. The van der Waals surface area contributed by atoms with Gasteiger partial charge >= 0.3 is 6.18 Å². The summed E-state index contributed by atoms with van der Waals surface area (Å²) in [5.74, 6) is 0.113. The molecule has 120 valence electrons. The maximum atomic E-state index is 12.0. The third-order valence-corrected chi connectivity index (χ3v) is 3.29. The van der Waals surface area contributed by atoms with E-state index in [1.54, 1.807) is 12.1 Å². The van der Waals surface area contributed by atoms with Crippen LogP contribution in [0.25, 0.3) is 0 Å². The van der Waals surface area contributed by atoms with E-state index in [0.29, 0.717) is 18.0 Å². The number of nitrogens with one attached hydrogen (secondary N) is 1. The molecule has 0 aliphatic heterocycles. The Bertz CT molecular complexity index is 395. The van der Waals surface area contributed by atoms with Crippen LogP contribution in [0.3, 0.4) is 0 Å². The Morgan fingerprint density at radius 3 is 2.48 bits per heavy atom. The van der Waals surface area contributed by atoms with Crippen LogP contribution in [-0.2, 0) is 4.74 Å². The van der Waals surface area contributed by atoms with Crippen LogP contribution in [0.2, 0.25) is 5.02 Å². The standard InChI is InChI=1S/C15H21ClF3NO/c1-2-8-20-10-13(7-9-21-11-15(17,18)19)12-3-5-14(16)6-4-12/h3-6,13,20H,2,7-11H2,1H3. The third-order valence-electron chi connectivity index (χ3n) is 3.04. The molecule has 6 heteroatoms. The van der Waals surface area contributed by atoms with E-state index < -0.39 is 12.8 Å². The summed E-state index contributed by atoms with van der Waals surface area (Å²) in [6.07, 6.45) is -2.72. The van der Waals surface area contributed by atoms with Crippen LogP contribution < -0.4 is 5.32 Å². The fourth-order valence-electron chi connectivity index (χ4n) is 1.99. The van der Waals surface area contributed by atoms with Gasteiger partial charge in [-0.15, -0.1) is 0 Å². The summed E-state index contributed by atoms with van der Waals surface area (Å²) in [5.41, 5.74) is 1.05. The van der Waals surface area contributed by atoms with E-state index in [4.69, 9.17) is 16.3 Å². The van der Waals surface area contributed by atoms with Crippen LogP contribution in [0.15, 0.2) is 24.3 Å². The lowest BCUT2D eigenvalue weighted by Gasteiger charge is -2.18. The molecular formula is C15H21ClF3NO. The topological polar surface area (TPSA) is 21.3 Å². The summed E-state index contributed by atoms with van der Waals surface area (Å²) in [4.78, 5) is 0. The molecule has 0 aromatic heterocycles. The van der Waals surface area contributed by atoms with Crippen molar-refractivity contribution in [2.24, 2.45) is 0 Å². The number of hydrogen-bond donors (Lipinski definition) is 1. The fourth-order valence-corrected chi connectivity index (χ4v) is 2.11. The molecule has 1 aromatic carbocycles. The summed E-state index contributed by atoms with van der Waals surface area (Å²) in [6, 6.07) is 7.40. The zero-order chi connectivity index (χ0) is 15.7. The second-order valence-electron chi connectivity index (χ2n) is 4.91. The minimum absolute atomic E-state index is 0.0839. The normalized spacial score (nSPS) is 13.4. The van der Waals surface area contributed by atoms with Gasteiger partial charge in [0.05, 0.1) is 0 Å². The first-order valence-corrected chi connectivity index (χ1v) is 7.41. The molecule has 1 atom stereocenters. The molecule has 0 radical (unpaired) electrons. The van der Waals surface area contributed by atoms with E-state index >= 15 is 0 Å².